The van der Waals surface area contributed by atoms with E-state index in [0.717, 1.165) is 41.2 Å². The lowest BCUT2D eigenvalue weighted by Crippen LogP contribution is -2.28. The molecule has 43 heavy (non-hydrogen) atoms. The molecule has 2 aromatic carbocycles. The van der Waals surface area contributed by atoms with Crippen LogP contribution in [0.15, 0.2) is 41.2 Å². The van der Waals surface area contributed by atoms with E-state index in [-0.39, 0.29) is 11.5 Å². The van der Waals surface area contributed by atoms with Crippen molar-refractivity contribution in [3.63, 3.8) is 0 Å². The first-order valence-electron chi connectivity index (χ1n) is 17.4. The second-order valence-corrected chi connectivity index (χ2v) is 13.1. The molecule has 236 valence electrons. The van der Waals surface area contributed by atoms with Crippen LogP contribution in [0.1, 0.15) is 126 Å². The smallest absolute Gasteiger partial charge is 0.281 e. The Morgan fingerprint density at radius 3 is 2.35 bits per heavy atom. The first kappa shape index (κ1) is 33.4. The standard InChI is InChI=1S/C30H39N3O.C6H13N.C2H6/c1-5-23(16-17-32(4)19-22-11-7-6-8-12-22)24-14-15-25-21(3)29-31-30(34)28-20(2)10-9-13-26(28)33(29)27(25)18-24;1-7-5-3-2-4-6-7;1-2/h9-10,13-15,18,21-23H,5-8,11-12,16-17,19H2,1-4H3;2-6H2,1H3;1-2H3. The number of rotatable bonds is 7. The van der Waals surface area contributed by atoms with Crippen molar-refractivity contribution in [3.8, 4) is 5.69 Å². The fourth-order valence-corrected chi connectivity index (χ4v) is 7.44. The average molecular weight is 587 g/mol. The maximum atomic E-state index is 12.8. The van der Waals surface area contributed by atoms with Gasteiger partial charge in [-0.25, -0.2) is 0 Å². The van der Waals surface area contributed by atoms with E-state index in [1.807, 2.05) is 32.9 Å². The Balaban J connectivity index is 0.000000409. The van der Waals surface area contributed by atoms with Gasteiger partial charge < -0.3 is 9.80 Å². The lowest BCUT2D eigenvalue weighted by Gasteiger charge is -2.28. The molecule has 3 heterocycles. The molecule has 2 unspecified atom stereocenters. The Labute approximate surface area is 261 Å². The Kier molecular flexibility index (Phi) is 12.4. The van der Waals surface area contributed by atoms with Gasteiger partial charge in [-0.3, -0.25) is 9.36 Å². The molecule has 1 saturated heterocycles. The Bertz CT molecular complexity index is 1370. The van der Waals surface area contributed by atoms with Crippen LogP contribution in [0.4, 0.5) is 0 Å². The molecular weight excluding hydrogens is 528 g/mol. The molecule has 5 heteroatoms. The van der Waals surface area contributed by atoms with Crippen molar-refractivity contribution >= 4 is 10.9 Å². The van der Waals surface area contributed by atoms with Gasteiger partial charge in [0.15, 0.2) is 0 Å². The highest BCUT2D eigenvalue weighted by Gasteiger charge is 2.30. The van der Waals surface area contributed by atoms with Gasteiger partial charge in [0.2, 0.25) is 0 Å². The number of benzene rings is 2. The van der Waals surface area contributed by atoms with Crippen molar-refractivity contribution in [1.82, 2.24) is 19.4 Å². The highest BCUT2D eigenvalue weighted by atomic mass is 16.1. The van der Waals surface area contributed by atoms with Crippen LogP contribution < -0.4 is 5.56 Å². The summed E-state index contributed by atoms with van der Waals surface area (Å²) in [5.74, 6) is 2.43. The van der Waals surface area contributed by atoms with Crippen molar-refractivity contribution < 1.29 is 0 Å². The summed E-state index contributed by atoms with van der Waals surface area (Å²) in [5.41, 5.74) is 5.76. The topological polar surface area (TPSA) is 41.4 Å². The molecule has 6 rings (SSSR count). The van der Waals surface area contributed by atoms with Gasteiger partial charge in [0.25, 0.3) is 5.56 Å². The first-order valence-corrected chi connectivity index (χ1v) is 17.4. The summed E-state index contributed by atoms with van der Waals surface area (Å²) in [6.07, 6.45) is 13.7. The summed E-state index contributed by atoms with van der Waals surface area (Å²) in [6.45, 7) is 15.5. The van der Waals surface area contributed by atoms with Crippen LogP contribution in [-0.4, -0.2) is 59.6 Å². The maximum Gasteiger partial charge on any atom is 0.281 e. The van der Waals surface area contributed by atoms with E-state index < -0.39 is 0 Å². The lowest BCUT2D eigenvalue weighted by atomic mass is 9.88. The minimum atomic E-state index is -0.105. The fourth-order valence-electron chi connectivity index (χ4n) is 7.44. The zero-order chi connectivity index (χ0) is 30.9. The normalized spacial score (nSPS) is 19.2. The number of nitrogens with zero attached hydrogens (tertiary/aromatic N) is 4. The molecule has 5 nitrogen and oxygen atoms in total. The largest absolute Gasteiger partial charge is 0.306 e. The molecule has 3 aromatic rings. The molecule has 2 atom stereocenters. The number of aromatic nitrogens is 2. The van der Waals surface area contributed by atoms with Crippen LogP contribution in [0.25, 0.3) is 16.6 Å². The van der Waals surface area contributed by atoms with E-state index >= 15 is 0 Å². The molecule has 0 N–H and O–H groups in total. The van der Waals surface area contributed by atoms with Gasteiger partial charge in [0.05, 0.1) is 16.6 Å². The Morgan fingerprint density at radius 2 is 1.70 bits per heavy atom. The molecule has 0 bridgehead atoms. The average Bonchev–Trinajstić information content (AvgIpc) is 3.30. The van der Waals surface area contributed by atoms with Gasteiger partial charge in [-0.15, -0.1) is 0 Å². The minimum absolute atomic E-state index is 0.105. The SMILES string of the molecule is CC.CCC(CCN(C)CC1CCCCC1)c1ccc2c(c1)-n1c(nc(=O)c3c(C)cccc31)C2C.CN1CCCCC1. The molecule has 3 aliphatic rings. The van der Waals surface area contributed by atoms with Crippen molar-refractivity contribution in [2.45, 2.75) is 111 Å². The van der Waals surface area contributed by atoms with Gasteiger partial charge in [-0.05, 0) is 120 Å². The van der Waals surface area contributed by atoms with E-state index in [2.05, 4.69) is 71.6 Å². The Morgan fingerprint density at radius 1 is 1.00 bits per heavy atom. The molecule has 0 radical (unpaired) electrons. The second kappa shape index (κ2) is 16.0. The van der Waals surface area contributed by atoms with Crippen molar-refractivity contribution in [3.05, 3.63) is 69.3 Å². The van der Waals surface area contributed by atoms with Gasteiger partial charge in [-0.1, -0.05) is 77.6 Å². The van der Waals surface area contributed by atoms with Crippen molar-refractivity contribution in [1.29, 1.82) is 0 Å². The molecule has 1 aromatic heterocycles. The maximum absolute atomic E-state index is 12.8. The number of piperidine rings is 1. The predicted molar refractivity (Wildman–Crippen MR) is 184 cm³/mol. The van der Waals surface area contributed by atoms with E-state index in [1.54, 1.807) is 0 Å². The van der Waals surface area contributed by atoms with Gasteiger partial charge in [0.1, 0.15) is 5.82 Å². The van der Waals surface area contributed by atoms with Crippen molar-refractivity contribution in [2.24, 2.45) is 5.92 Å². The summed E-state index contributed by atoms with van der Waals surface area (Å²) >= 11 is 0. The quantitative estimate of drug-likeness (QED) is 0.278. The summed E-state index contributed by atoms with van der Waals surface area (Å²) in [7, 11) is 4.50. The van der Waals surface area contributed by atoms with Gasteiger partial charge in [-0.2, -0.15) is 4.98 Å². The summed E-state index contributed by atoms with van der Waals surface area (Å²) < 4.78 is 2.25. The molecule has 2 aliphatic heterocycles. The van der Waals surface area contributed by atoms with Crippen LogP contribution in [0.2, 0.25) is 0 Å². The third kappa shape index (κ3) is 7.97. The number of hydrogen-bond donors (Lipinski definition) is 0. The first-order chi connectivity index (χ1) is 20.9. The van der Waals surface area contributed by atoms with Crippen LogP contribution >= 0.6 is 0 Å². The molecule has 1 aliphatic carbocycles. The van der Waals surface area contributed by atoms with E-state index in [9.17, 15) is 4.79 Å². The zero-order valence-corrected chi connectivity index (χ0v) is 28.3. The van der Waals surface area contributed by atoms with Crippen molar-refractivity contribution in [2.75, 3.05) is 40.3 Å². The molecule has 1 saturated carbocycles. The Hall–Kier alpha value is -2.50. The van der Waals surface area contributed by atoms with E-state index in [4.69, 9.17) is 0 Å². The molecule has 0 spiro atoms. The number of fused-ring (bicyclic) bond motifs is 5. The van der Waals surface area contributed by atoms with E-state index in [0.29, 0.717) is 5.92 Å². The predicted octanol–water partition coefficient (Wildman–Crippen LogP) is 8.68. The van der Waals surface area contributed by atoms with Gasteiger partial charge in [0, 0.05) is 12.5 Å². The highest BCUT2D eigenvalue weighted by molar-refractivity contribution is 5.84. The molecule has 0 amide bonds. The van der Waals surface area contributed by atoms with Crippen LogP contribution in [0.5, 0.6) is 0 Å². The van der Waals surface area contributed by atoms with Crippen LogP contribution in [-0.2, 0) is 0 Å². The summed E-state index contributed by atoms with van der Waals surface area (Å²) in [6, 6.07) is 13.1. The number of aryl methyl sites for hydroxylation is 1. The van der Waals surface area contributed by atoms with E-state index in [1.165, 1.54) is 94.2 Å². The number of likely N-dealkylation sites (tertiary alicyclic amines) is 1. The zero-order valence-electron chi connectivity index (χ0n) is 28.3. The van der Waals surface area contributed by atoms with Gasteiger partial charge >= 0.3 is 0 Å². The second-order valence-electron chi connectivity index (χ2n) is 13.1. The minimum Gasteiger partial charge on any atom is -0.306 e. The highest BCUT2D eigenvalue weighted by Crippen LogP contribution is 2.40. The number of hydrogen-bond acceptors (Lipinski definition) is 4. The summed E-state index contributed by atoms with van der Waals surface area (Å²) in [5, 5.41) is 0.744. The molecule has 2 fully saturated rings. The van der Waals surface area contributed by atoms with Crippen LogP contribution in [0, 0.1) is 12.8 Å². The summed E-state index contributed by atoms with van der Waals surface area (Å²) in [4.78, 5) is 22.3. The molecular formula is C38H58N4O. The third-order valence-corrected chi connectivity index (χ3v) is 10.00. The monoisotopic (exact) mass is 586 g/mol. The van der Waals surface area contributed by atoms with Crippen LogP contribution in [0.3, 0.4) is 0 Å². The third-order valence-electron chi connectivity index (χ3n) is 10.00. The fraction of sp³-hybridized carbons (Fsp3) is 0.632. The lowest BCUT2D eigenvalue weighted by molar-refractivity contribution is 0.227.